The normalized spacial score (nSPS) is 21.9. The summed E-state index contributed by atoms with van der Waals surface area (Å²) >= 11 is 0. The average Bonchev–Trinajstić information content (AvgIpc) is 2.12. The largest absolute Gasteiger partial charge is 0.277 e. The van der Waals surface area contributed by atoms with E-state index in [2.05, 4.69) is 29.7 Å². The third kappa shape index (κ3) is 2.81. The monoisotopic (exact) mass is 158 g/mol. The van der Waals surface area contributed by atoms with E-state index in [0.717, 1.165) is 0 Å². The van der Waals surface area contributed by atoms with Crippen LogP contribution in [-0.4, -0.2) is 26.3 Å². The molecule has 1 heterocycles. The predicted octanol–water partition coefficient (Wildman–Crippen LogP) is 1.42. The van der Waals surface area contributed by atoms with E-state index in [1.807, 2.05) is 0 Å². The first kappa shape index (κ1) is 8.24. The molecule has 0 atom stereocenters. The Bertz CT molecular complexity index is 103. The highest BCUT2D eigenvalue weighted by molar-refractivity contribution is 6.73. The topological polar surface area (TPSA) is 15.3 Å². The van der Waals surface area contributed by atoms with Gasteiger partial charge in [-0.1, -0.05) is 19.6 Å². The molecule has 0 radical (unpaired) electrons. The summed E-state index contributed by atoms with van der Waals surface area (Å²) in [5.41, 5.74) is 0. The van der Waals surface area contributed by atoms with E-state index in [0.29, 0.717) is 0 Å². The summed E-state index contributed by atoms with van der Waals surface area (Å²) in [6.45, 7) is 9.52. The van der Waals surface area contributed by atoms with Crippen molar-refractivity contribution in [1.82, 2.24) is 10.1 Å². The van der Waals surface area contributed by atoms with Gasteiger partial charge in [0.25, 0.3) is 0 Å². The third-order valence-electron chi connectivity index (χ3n) is 1.60. The van der Waals surface area contributed by atoms with Gasteiger partial charge in [0.2, 0.25) is 0 Å². The second kappa shape index (κ2) is 3.03. The van der Waals surface area contributed by atoms with Crippen LogP contribution < -0.4 is 5.09 Å². The summed E-state index contributed by atoms with van der Waals surface area (Å²) in [6, 6.07) is 0. The van der Waals surface area contributed by atoms with Crippen LogP contribution >= 0.6 is 0 Å². The fraction of sp³-hybridized carbons (Fsp3) is 1.00. The number of nitrogens with one attached hydrogen (secondary N) is 1. The Morgan fingerprint density at radius 2 is 1.60 bits per heavy atom. The van der Waals surface area contributed by atoms with E-state index in [9.17, 15) is 0 Å². The van der Waals surface area contributed by atoms with Crippen LogP contribution in [0.15, 0.2) is 0 Å². The molecule has 60 valence electrons. The van der Waals surface area contributed by atoms with E-state index >= 15 is 0 Å². The molecule has 1 aliphatic rings. The van der Waals surface area contributed by atoms with Crippen molar-refractivity contribution in [2.24, 2.45) is 0 Å². The van der Waals surface area contributed by atoms with E-state index in [-0.39, 0.29) is 0 Å². The zero-order chi connectivity index (χ0) is 7.61. The lowest BCUT2D eigenvalue weighted by atomic mass is 10.4. The second-order valence-electron chi connectivity index (χ2n) is 4.06. The quantitative estimate of drug-likeness (QED) is 0.612. The predicted molar refractivity (Wildman–Crippen MR) is 47.3 cm³/mol. The van der Waals surface area contributed by atoms with Gasteiger partial charge in [-0.25, -0.2) is 0 Å². The highest BCUT2D eigenvalue weighted by Crippen LogP contribution is 2.06. The average molecular weight is 158 g/mol. The molecule has 2 nitrogen and oxygen atoms in total. The molecule has 0 saturated carbocycles. The lowest BCUT2D eigenvalue weighted by Gasteiger charge is -2.26. The van der Waals surface area contributed by atoms with Gasteiger partial charge in [0.1, 0.15) is 8.24 Å². The van der Waals surface area contributed by atoms with Crippen LogP contribution in [-0.2, 0) is 0 Å². The van der Waals surface area contributed by atoms with Crippen LogP contribution in [0.4, 0.5) is 0 Å². The summed E-state index contributed by atoms with van der Waals surface area (Å²) in [7, 11) is -1.05. The number of hydrazine groups is 1. The van der Waals surface area contributed by atoms with Crippen LogP contribution in [0.5, 0.6) is 0 Å². The molecule has 1 saturated heterocycles. The zero-order valence-corrected chi connectivity index (χ0v) is 8.28. The van der Waals surface area contributed by atoms with Gasteiger partial charge in [-0.3, -0.25) is 10.1 Å². The minimum Gasteiger partial charge on any atom is -0.277 e. The van der Waals surface area contributed by atoms with Crippen molar-refractivity contribution in [3.63, 3.8) is 0 Å². The molecule has 0 aromatic carbocycles. The highest BCUT2D eigenvalue weighted by Gasteiger charge is 2.19. The fourth-order valence-electron chi connectivity index (χ4n) is 1.30. The van der Waals surface area contributed by atoms with Gasteiger partial charge in [0.15, 0.2) is 0 Å². The maximum atomic E-state index is 3.59. The summed E-state index contributed by atoms with van der Waals surface area (Å²) in [5.74, 6) is 0. The molecule has 0 amide bonds. The molecule has 0 aromatic rings. The molecule has 10 heavy (non-hydrogen) atoms. The van der Waals surface area contributed by atoms with E-state index in [1.54, 1.807) is 0 Å². The van der Waals surface area contributed by atoms with Crippen LogP contribution in [0.25, 0.3) is 0 Å². The Morgan fingerprint density at radius 3 is 2.00 bits per heavy atom. The summed E-state index contributed by atoms with van der Waals surface area (Å²) in [4.78, 5) is 0. The van der Waals surface area contributed by atoms with Gasteiger partial charge < -0.3 is 0 Å². The number of rotatable bonds is 2. The number of nitrogens with zero attached hydrogens (tertiary/aromatic N) is 1. The lowest BCUT2D eigenvalue weighted by molar-refractivity contribution is 0.297. The van der Waals surface area contributed by atoms with Gasteiger partial charge in [0, 0.05) is 13.1 Å². The molecule has 3 heteroatoms. The van der Waals surface area contributed by atoms with Crippen LogP contribution in [0.1, 0.15) is 12.8 Å². The standard InChI is InChI=1S/C7H18N2Si/c1-10(2,3)8-9-6-4-5-7-9/h8H,4-7H2,1-3H3. The van der Waals surface area contributed by atoms with Crippen molar-refractivity contribution in [3.8, 4) is 0 Å². The first-order valence-corrected chi connectivity index (χ1v) is 7.61. The molecule has 1 aliphatic heterocycles. The number of hydrogen-bond donors (Lipinski definition) is 1. The molecule has 0 spiro atoms. The van der Waals surface area contributed by atoms with E-state index in [4.69, 9.17) is 0 Å². The van der Waals surface area contributed by atoms with Gasteiger partial charge in [-0.15, -0.1) is 0 Å². The number of hydrogen-bond acceptors (Lipinski definition) is 2. The van der Waals surface area contributed by atoms with E-state index in [1.165, 1.54) is 25.9 Å². The molecule has 0 aliphatic carbocycles. The van der Waals surface area contributed by atoms with Crippen molar-refractivity contribution in [3.05, 3.63) is 0 Å². The van der Waals surface area contributed by atoms with Gasteiger partial charge in [-0.2, -0.15) is 0 Å². The van der Waals surface area contributed by atoms with Crippen molar-refractivity contribution in [1.29, 1.82) is 0 Å². The van der Waals surface area contributed by atoms with Crippen molar-refractivity contribution in [2.75, 3.05) is 13.1 Å². The minimum absolute atomic E-state index is 1.05. The van der Waals surface area contributed by atoms with Crippen molar-refractivity contribution < 1.29 is 0 Å². The van der Waals surface area contributed by atoms with Crippen LogP contribution in [0.2, 0.25) is 19.6 Å². The van der Waals surface area contributed by atoms with Gasteiger partial charge >= 0.3 is 0 Å². The van der Waals surface area contributed by atoms with Crippen LogP contribution in [0.3, 0.4) is 0 Å². The van der Waals surface area contributed by atoms with Gasteiger partial charge in [0.05, 0.1) is 0 Å². The SMILES string of the molecule is C[Si](C)(C)NN1CCCC1. The van der Waals surface area contributed by atoms with Crippen molar-refractivity contribution in [2.45, 2.75) is 32.5 Å². The highest BCUT2D eigenvalue weighted by atomic mass is 28.3. The van der Waals surface area contributed by atoms with Gasteiger partial charge in [-0.05, 0) is 12.8 Å². The Hall–Kier alpha value is 0.137. The minimum atomic E-state index is -1.05. The Balaban J connectivity index is 2.24. The molecule has 0 unspecified atom stereocenters. The second-order valence-corrected chi connectivity index (χ2v) is 8.78. The molecule has 1 N–H and O–H groups in total. The molecule has 1 fully saturated rings. The maximum absolute atomic E-state index is 3.59. The first-order valence-electron chi connectivity index (χ1n) is 4.11. The molecule has 0 bridgehead atoms. The van der Waals surface area contributed by atoms with Crippen LogP contribution in [0, 0.1) is 0 Å². The van der Waals surface area contributed by atoms with Crippen molar-refractivity contribution >= 4 is 8.24 Å². The van der Waals surface area contributed by atoms with E-state index < -0.39 is 8.24 Å². The summed E-state index contributed by atoms with van der Waals surface area (Å²) in [6.07, 6.45) is 2.74. The lowest BCUT2D eigenvalue weighted by Crippen LogP contribution is -2.51. The zero-order valence-electron chi connectivity index (χ0n) is 7.28. The first-order chi connectivity index (χ1) is 4.58. The molecule has 0 aromatic heterocycles. The molecular weight excluding hydrogens is 140 g/mol. The maximum Gasteiger partial charge on any atom is 0.132 e. The third-order valence-corrected chi connectivity index (χ3v) is 2.59. The Morgan fingerprint density at radius 1 is 1.10 bits per heavy atom. The Labute approximate surface area is 64.7 Å². The summed E-state index contributed by atoms with van der Waals surface area (Å²) < 4.78 is 0. The Kier molecular flexibility index (Phi) is 2.49. The fourth-order valence-corrected chi connectivity index (χ4v) is 2.48. The molecule has 1 rings (SSSR count). The molecular formula is C7H18N2Si. The summed E-state index contributed by atoms with van der Waals surface area (Å²) in [5, 5.41) is 5.97. The smallest absolute Gasteiger partial charge is 0.132 e.